The second-order valence-electron chi connectivity index (χ2n) is 4.86. The van der Waals surface area contributed by atoms with Crippen LogP contribution in [0.4, 0.5) is 0 Å². The van der Waals surface area contributed by atoms with Crippen molar-refractivity contribution in [2.75, 3.05) is 14.2 Å². The van der Waals surface area contributed by atoms with E-state index in [0.717, 1.165) is 5.56 Å². The van der Waals surface area contributed by atoms with E-state index < -0.39 is 5.97 Å². The van der Waals surface area contributed by atoms with Crippen LogP contribution in [0.2, 0.25) is 0 Å². The Balaban J connectivity index is 2.21. The Morgan fingerprint density at radius 2 is 1.67 bits per heavy atom. The van der Waals surface area contributed by atoms with E-state index in [9.17, 15) is 9.59 Å². The predicted octanol–water partition coefficient (Wildman–Crippen LogP) is 3.92. The molecule has 0 bridgehead atoms. The maximum atomic E-state index is 12.2. The molecule has 0 radical (unpaired) electrons. The minimum absolute atomic E-state index is 0.0132. The average molecular weight is 342 g/mol. The molecule has 0 amide bonds. The van der Waals surface area contributed by atoms with Crippen LogP contribution in [0.25, 0.3) is 5.57 Å². The molecule has 24 heavy (non-hydrogen) atoms. The highest BCUT2D eigenvalue weighted by Crippen LogP contribution is 2.26. The molecule has 0 heterocycles. The van der Waals surface area contributed by atoms with Crippen LogP contribution in [-0.2, 0) is 20.0 Å². The fourth-order valence-corrected chi connectivity index (χ4v) is 3.00. The van der Waals surface area contributed by atoms with Gasteiger partial charge in [-0.25, -0.2) is 4.79 Å². The number of carbonyl (C=O) groups excluding carboxylic acids is 2. The van der Waals surface area contributed by atoms with Gasteiger partial charge in [0.05, 0.1) is 20.5 Å². The van der Waals surface area contributed by atoms with Crippen molar-refractivity contribution in [1.82, 2.24) is 0 Å². The van der Waals surface area contributed by atoms with Gasteiger partial charge in [0.25, 0.3) is 0 Å². The number of benzene rings is 2. The molecule has 4 nitrogen and oxygen atoms in total. The zero-order valence-corrected chi connectivity index (χ0v) is 14.3. The van der Waals surface area contributed by atoms with Gasteiger partial charge in [-0.1, -0.05) is 66.4 Å². The fraction of sp³-hybridized carbons (Fsp3) is 0.158. The summed E-state index contributed by atoms with van der Waals surface area (Å²) in [6.45, 7) is 0. The molecule has 124 valence electrons. The molecule has 2 aromatic rings. The zero-order chi connectivity index (χ0) is 17.4. The lowest BCUT2D eigenvalue weighted by molar-refractivity contribution is -0.133. The summed E-state index contributed by atoms with van der Waals surface area (Å²) < 4.78 is 9.80. The van der Waals surface area contributed by atoms with Crippen molar-refractivity contribution in [2.24, 2.45) is 0 Å². The summed E-state index contributed by atoms with van der Waals surface area (Å²) in [7, 11) is 2.79. The predicted molar refractivity (Wildman–Crippen MR) is 95.5 cm³/mol. The Labute approximate surface area is 145 Å². The van der Waals surface area contributed by atoms with Crippen molar-refractivity contribution < 1.29 is 19.1 Å². The normalized spacial score (nSPS) is 11.0. The lowest BCUT2D eigenvalue weighted by Gasteiger charge is -2.11. The van der Waals surface area contributed by atoms with E-state index in [4.69, 9.17) is 9.47 Å². The fourth-order valence-electron chi connectivity index (χ4n) is 2.16. The standard InChI is InChI=1S/C19H18O4S/c1-22-12-17(18(20)23-2)16-11-7-6-10-15(16)13-24-19(21)14-8-4-3-5-9-14/h3-12H,13H2,1-2H3. The van der Waals surface area contributed by atoms with Crippen LogP contribution >= 0.6 is 11.8 Å². The van der Waals surface area contributed by atoms with Gasteiger partial charge in [-0.05, 0) is 11.1 Å². The smallest absolute Gasteiger partial charge is 0.341 e. The first kappa shape index (κ1) is 17.8. The van der Waals surface area contributed by atoms with Gasteiger partial charge in [0, 0.05) is 11.3 Å². The topological polar surface area (TPSA) is 52.6 Å². The van der Waals surface area contributed by atoms with Crippen molar-refractivity contribution in [1.29, 1.82) is 0 Å². The third-order valence-electron chi connectivity index (χ3n) is 3.32. The van der Waals surface area contributed by atoms with Crippen molar-refractivity contribution in [3.05, 3.63) is 77.5 Å². The number of methoxy groups -OCH3 is 2. The molecule has 0 aromatic heterocycles. The highest BCUT2D eigenvalue weighted by Gasteiger charge is 2.17. The third kappa shape index (κ3) is 4.49. The van der Waals surface area contributed by atoms with E-state index in [1.807, 2.05) is 42.5 Å². The Morgan fingerprint density at radius 3 is 2.33 bits per heavy atom. The molecule has 2 aromatic carbocycles. The maximum absolute atomic E-state index is 12.2. The van der Waals surface area contributed by atoms with E-state index in [2.05, 4.69) is 0 Å². The van der Waals surface area contributed by atoms with Crippen LogP contribution in [0.15, 0.2) is 60.9 Å². The highest BCUT2D eigenvalue weighted by molar-refractivity contribution is 8.13. The Bertz CT molecular complexity index is 738. The summed E-state index contributed by atoms with van der Waals surface area (Å²) >= 11 is 1.19. The van der Waals surface area contributed by atoms with Gasteiger partial charge in [-0.3, -0.25) is 4.79 Å². The van der Waals surface area contributed by atoms with Gasteiger partial charge in [-0.2, -0.15) is 0 Å². The van der Waals surface area contributed by atoms with Crippen LogP contribution < -0.4 is 0 Å². The average Bonchev–Trinajstić information content (AvgIpc) is 2.64. The van der Waals surface area contributed by atoms with Crippen LogP contribution in [0.1, 0.15) is 21.5 Å². The molecule has 0 saturated carbocycles. The summed E-state index contributed by atoms with van der Waals surface area (Å²) in [4.78, 5) is 24.2. The first-order valence-corrected chi connectivity index (χ1v) is 8.27. The molecule has 0 saturated heterocycles. The van der Waals surface area contributed by atoms with Crippen LogP contribution in [0.5, 0.6) is 0 Å². The molecular formula is C19H18O4S. The lowest BCUT2D eigenvalue weighted by Crippen LogP contribution is -2.07. The number of carbonyl (C=O) groups is 2. The van der Waals surface area contributed by atoms with Crippen LogP contribution in [0.3, 0.4) is 0 Å². The van der Waals surface area contributed by atoms with Gasteiger partial charge in [0.2, 0.25) is 5.12 Å². The maximum Gasteiger partial charge on any atom is 0.341 e. The van der Waals surface area contributed by atoms with E-state index in [0.29, 0.717) is 22.5 Å². The van der Waals surface area contributed by atoms with Gasteiger partial charge < -0.3 is 9.47 Å². The summed E-state index contributed by atoms with van der Waals surface area (Å²) in [6.07, 6.45) is 1.36. The Kier molecular flexibility index (Phi) is 6.63. The SMILES string of the molecule is COC=C(C(=O)OC)c1ccccc1CSC(=O)c1ccccc1. The van der Waals surface area contributed by atoms with Gasteiger partial charge >= 0.3 is 5.97 Å². The summed E-state index contributed by atoms with van der Waals surface area (Å²) in [6, 6.07) is 16.5. The molecule has 0 unspecified atom stereocenters. The largest absolute Gasteiger partial charge is 0.503 e. The Morgan fingerprint density at radius 1 is 1.00 bits per heavy atom. The summed E-state index contributed by atoms with van der Waals surface area (Å²) in [5, 5.41) is -0.0132. The molecule has 2 rings (SSSR count). The minimum atomic E-state index is -0.483. The second-order valence-corrected chi connectivity index (χ2v) is 5.81. The molecule has 0 fully saturated rings. The highest BCUT2D eigenvalue weighted by atomic mass is 32.2. The number of thioether (sulfide) groups is 1. The minimum Gasteiger partial charge on any atom is -0.503 e. The Hall–Kier alpha value is -2.53. The van der Waals surface area contributed by atoms with E-state index in [1.54, 1.807) is 12.1 Å². The number of ether oxygens (including phenoxy) is 2. The van der Waals surface area contributed by atoms with Crippen molar-refractivity contribution in [2.45, 2.75) is 5.75 Å². The molecule has 5 heteroatoms. The lowest BCUT2D eigenvalue weighted by atomic mass is 10.0. The molecule has 0 spiro atoms. The number of hydrogen-bond donors (Lipinski definition) is 0. The first-order valence-electron chi connectivity index (χ1n) is 7.29. The first-order chi connectivity index (χ1) is 11.7. The number of rotatable bonds is 6. The van der Waals surface area contributed by atoms with Gasteiger partial charge in [0.15, 0.2) is 0 Å². The van der Waals surface area contributed by atoms with Crippen LogP contribution in [-0.4, -0.2) is 25.3 Å². The third-order valence-corrected chi connectivity index (χ3v) is 4.27. The summed E-state index contributed by atoms with van der Waals surface area (Å²) in [5.41, 5.74) is 2.53. The quantitative estimate of drug-likeness (QED) is 0.452. The molecule has 0 aliphatic heterocycles. The van der Waals surface area contributed by atoms with Gasteiger partial charge in [0.1, 0.15) is 5.57 Å². The van der Waals surface area contributed by atoms with E-state index >= 15 is 0 Å². The number of hydrogen-bond acceptors (Lipinski definition) is 5. The van der Waals surface area contributed by atoms with Crippen molar-refractivity contribution in [3.63, 3.8) is 0 Å². The summed E-state index contributed by atoms with van der Waals surface area (Å²) in [5.74, 6) is -0.0363. The molecule has 0 aliphatic rings. The van der Waals surface area contributed by atoms with Crippen molar-refractivity contribution in [3.8, 4) is 0 Å². The monoisotopic (exact) mass is 342 g/mol. The molecule has 0 aliphatic carbocycles. The zero-order valence-electron chi connectivity index (χ0n) is 13.5. The van der Waals surface area contributed by atoms with Gasteiger partial charge in [-0.15, -0.1) is 0 Å². The number of esters is 1. The second kappa shape index (κ2) is 8.93. The molecular weight excluding hydrogens is 324 g/mol. The van der Waals surface area contributed by atoms with Crippen molar-refractivity contribution >= 4 is 28.4 Å². The molecule has 0 atom stereocenters. The molecule has 0 N–H and O–H groups in total. The van der Waals surface area contributed by atoms with Crippen LogP contribution in [0, 0.1) is 0 Å². The van der Waals surface area contributed by atoms with E-state index in [-0.39, 0.29) is 5.12 Å². The van der Waals surface area contributed by atoms with E-state index in [1.165, 1.54) is 32.2 Å².